The van der Waals surface area contributed by atoms with Crippen LogP contribution < -0.4 is 0 Å². The topological polar surface area (TPSA) is 78.9 Å². The van der Waals surface area contributed by atoms with Gasteiger partial charge in [-0.3, -0.25) is 14.4 Å². The van der Waals surface area contributed by atoms with E-state index in [9.17, 15) is 14.4 Å². The van der Waals surface area contributed by atoms with Crippen LogP contribution in [0.25, 0.3) is 0 Å². The van der Waals surface area contributed by atoms with Gasteiger partial charge in [0.15, 0.2) is 6.10 Å². The van der Waals surface area contributed by atoms with E-state index in [-0.39, 0.29) is 31.1 Å². The molecule has 1 atom stereocenters. The quantitative estimate of drug-likeness (QED) is 0.0266. The van der Waals surface area contributed by atoms with Crippen molar-refractivity contribution in [2.24, 2.45) is 0 Å². The fraction of sp³-hybridized carbons (Fsp3) is 0.816. The highest BCUT2D eigenvalue weighted by molar-refractivity contribution is 5.71. The van der Waals surface area contributed by atoms with Crippen LogP contribution in [0.5, 0.6) is 0 Å². The fourth-order valence-electron chi connectivity index (χ4n) is 6.47. The highest BCUT2D eigenvalue weighted by atomic mass is 16.6. The lowest BCUT2D eigenvalue weighted by atomic mass is 10.1. The lowest BCUT2D eigenvalue weighted by Gasteiger charge is -2.18. The van der Waals surface area contributed by atoms with Gasteiger partial charge in [0.2, 0.25) is 0 Å². The second-order valence-corrected chi connectivity index (χ2v) is 15.7. The van der Waals surface area contributed by atoms with Gasteiger partial charge >= 0.3 is 17.9 Å². The maximum Gasteiger partial charge on any atom is 0.306 e. The number of hydrogen-bond acceptors (Lipinski definition) is 6. The molecular weight excluding hydrogens is 685 g/mol. The van der Waals surface area contributed by atoms with Crippen molar-refractivity contribution in [1.29, 1.82) is 0 Å². The molecule has 0 saturated carbocycles. The van der Waals surface area contributed by atoms with Crippen molar-refractivity contribution >= 4 is 17.9 Å². The van der Waals surface area contributed by atoms with Gasteiger partial charge in [-0.05, 0) is 89.9 Å². The van der Waals surface area contributed by atoms with E-state index in [1.165, 1.54) is 109 Å². The average Bonchev–Trinajstić information content (AvgIpc) is 3.18. The first-order chi connectivity index (χ1) is 27.0. The summed E-state index contributed by atoms with van der Waals surface area (Å²) in [7, 11) is 0. The third-order valence-corrected chi connectivity index (χ3v) is 10.1. The monoisotopic (exact) mass is 773 g/mol. The number of carbonyl (C=O) groups is 3. The van der Waals surface area contributed by atoms with Gasteiger partial charge in [0.05, 0.1) is 0 Å². The molecule has 1 unspecified atom stereocenters. The van der Waals surface area contributed by atoms with Gasteiger partial charge in [-0.25, -0.2) is 0 Å². The minimum atomic E-state index is -0.781. The van der Waals surface area contributed by atoms with Crippen LogP contribution in [0, 0.1) is 0 Å². The van der Waals surface area contributed by atoms with Crippen LogP contribution in [0.3, 0.4) is 0 Å². The molecule has 6 heteroatoms. The van der Waals surface area contributed by atoms with Crippen molar-refractivity contribution in [1.82, 2.24) is 0 Å². The number of carbonyl (C=O) groups excluding carboxylic acids is 3. The van der Waals surface area contributed by atoms with E-state index in [1.807, 2.05) is 0 Å². The molecule has 0 bridgehead atoms. The molecule has 0 fully saturated rings. The Bertz CT molecular complexity index is 938. The Morgan fingerprint density at radius 1 is 0.345 bits per heavy atom. The molecule has 6 nitrogen and oxygen atoms in total. The molecule has 0 radical (unpaired) electrons. The van der Waals surface area contributed by atoms with Crippen molar-refractivity contribution in [3.05, 3.63) is 36.5 Å². The molecule has 0 heterocycles. The van der Waals surface area contributed by atoms with Crippen molar-refractivity contribution < 1.29 is 28.6 Å². The normalized spacial score (nSPS) is 12.3. The fourth-order valence-corrected chi connectivity index (χ4v) is 6.47. The summed E-state index contributed by atoms with van der Waals surface area (Å²) >= 11 is 0. The van der Waals surface area contributed by atoms with Crippen LogP contribution in [0.4, 0.5) is 0 Å². The standard InChI is InChI=1S/C49H88O6/c1-4-7-10-13-16-19-22-24-25-28-30-33-36-39-42-48(51)54-45-46(44-53-47(50)41-38-35-32-29-26-21-18-15-12-9-6-3)55-49(52)43-40-37-34-31-27-23-20-17-14-11-8-5-2/h15,17-18,20,25,28,46H,4-14,16,19,21-24,26-27,29-45H2,1-3H3/b18-15-,20-17-,28-25-. The summed E-state index contributed by atoms with van der Waals surface area (Å²) < 4.78 is 16.7. The number of unbranched alkanes of at least 4 members (excludes halogenated alkanes) is 25. The van der Waals surface area contributed by atoms with Crippen LogP contribution in [-0.2, 0) is 28.6 Å². The zero-order chi connectivity index (χ0) is 40.1. The molecule has 0 saturated heterocycles. The van der Waals surface area contributed by atoms with Gasteiger partial charge in [-0.1, -0.05) is 166 Å². The Kier molecular flexibility index (Phi) is 42.4. The average molecular weight is 773 g/mol. The van der Waals surface area contributed by atoms with Crippen LogP contribution in [0.1, 0.15) is 239 Å². The summed E-state index contributed by atoms with van der Waals surface area (Å²) in [5.74, 6) is -0.917. The zero-order valence-electron chi connectivity index (χ0n) is 36.4. The molecule has 0 aliphatic heterocycles. The van der Waals surface area contributed by atoms with Gasteiger partial charge in [-0.2, -0.15) is 0 Å². The smallest absolute Gasteiger partial charge is 0.306 e. The van der Waals surface area contributed by atoms with E-state index in [0.717, 1.165) is 89.9 Å². The maximum atomic E-state index is 12.7. The van der Waals surface area contributed by atoms with Crippen molar-refractivity contribution in [2.75, 3.05) is 13.2 Å². The highest BCUT2D eigenvalue weighted by Gasteiger charge is 2.19. The van der Waals surface area contributed by atoms with Gasteiger partial charge < -0.3 is 14.2 Å². The van der Waals surface area contributed by atoms with Gasteiger partial charge in [-0.15, -0.1) is 0 Å². The van der Waals surface area contributed by atoms with Crippen LogP contribution in [0.2, 0.25) is 0 Å². The second kappa shape index (κ2) is 44.3. The Labute approximate surface area is 340 Å². The van der Waals surface area contributed by atoms with Crippen molar-refractivity contribution in [3.8, 4) is 0 Å². The van der Waals surface area contributed by atoms with E-state index in [0.29, 0.717) is 19.3 Å². The third-order valence-electron chi connectivity index (χ3n) is 10.1. The minimum absolute atomic E-state index is 0.0840. The lowest BCUT2D eigenvalue weighted by Crippen LogP contribution is -2.30. The first-order valence-corrected chi connectivity index (χ1v) is 23.5. The van der Waals surface area contributed by atoms with E-state index in [2.05, 4.69) is 57.2 Å². The van der Waals surface area contributed by atoms with Crippen molar-refractivity contribution in [3.63, 3.8) is 0 Å². The van der Waals surface area contributed by atoms with Gasteiger partial charge in [0.25, 0.3) is 0 Å². The summed E-state index contributed by atoms with van der Waals surface area (Å²) in [4.78, 5) is 37.7. The molecule has 0 aromatic heterocycles. The maximum absolute atomic E-state index is 12.7. The lowest BCUT2D eigenvalue weighted by molar-refractivity contribution is -0.167. The molecule has 0 spiro atoms. The molecular formula is C49H88O6. The van der Waals surface area contributed by atoms with Gasteiger partial charge in [0.1, 0.15) is 13.2 Å². The van der Waals surface area contributed by atoms with Crippen molar-refractivity contribution in [2.45, 2.75) is 245 Å². The van der Waals surface area contributed by atoms with Crippen LogP contribution in [0.15, 0.2) is 36.5 Å². The summed E-state index contributed by atoms with van der Waals surface area (Å²) in [5.41, 5.74) is 0. The Morgan fingerprint density at radius 3 is 1.02 bits per heavy atom. The minimum Gasteiger partial charge on any atom is -0.462 e. The Balaban J connectivity index is 4.40. The first-order valence-electron chi connectivity index (χ1n) is 23.5. The van der Waals surface area contributed by atoms with Crippen LogP contribution >= 0.6 is 0 Å². The molecule has 0 amide bonds. The second-order valence-electron chi connectivity index (χ2n) is 15.7. The Hall–Kier alpha value is -2.37. The summed E-state index contributed by atoms with van der Waals surface area (Å²) in [6.45, 7) is 6.54. The zero-order valence-corrected chi connectivity index (χ0v) is 36.4. The molecule has 0 N–H and O–H groups in total. The van der Waals surface area contributed by atoms with E-state index in [4.69, 9.17) is 14.2 Å². The molecule has 0 rings (SSSR count). The molecule has 0 aromatic rings. The Morgan fingerprint density at radius 2 is 0.618 bits per heavy atom. The molecule has 320 valence electrons. The summed E-state index contributed by atoms with van der Waals surface area (Å²) in [5, 5.41) is 0. The number of rotatable bonds is 42. The van der Waals surface area contributed by atoms with Gasteiger partial charge in [0, 0.05) is 19.3 Å². The summed E-state index contributed by atoms with van der Waals surface area (Å²) in [6, 6.07) is 0. The van der Waals surface area contributed by atoms with E-state index in [1.54, 1.807) is 0 Å². The highest BCUT2D eigenvalue weighted by Crippen LogP contribution is 2.13. The third kappa shape index (κ3) is 42.6. The SMILES string of the molecule is CCCC/C=C\CCCCCCCC(=O)OCC(COC(=O)CCCCC/C=C\CCCCCCCCC)OC(=O)CCCCCCC/C=C\CCCCC. The molecule has 0 aromatic carbocycles. The van der Waals surface area contributed by atoms with E-state index < -0.39 is 6.10 Å². The number of esters is 3. The molecule has 55 heavy (non-hydrogen) atoms. The number of hydrogen-bond donors (Lipinski definition) is 0. The number of allylic oxidation sites excluding steroid dienone is 6. The largest absolute Gasteiger partial charge is 0.462 e. The first kappa shape index (κ1) is 52.6. The number of ether oxygens (including phenoxy) is 3. The molecule has 0 aliphatic rings. The van der Waals surface area contributed by atoms with Crippen LogP contribution in [-0.4, -0.2) is 37.2 Å². The molecule has 0 aliphatic carbocycles. The van der Waals surface area contributed by atoms with E-state index >= 15 is 0 Å². The predicted molar refractivity (Wildman–Crippen MR) is 233 cm³/mol. The summed E-state index contributed by atoms with van der Waals surface area (Å²) in [6.07, 6.45) is 49.8. The predicted octanol–water partition coefficient (Wildman–Crippen LogP) is 15.0.